The summed E-state index contributed by atoms with van der Waals surface area (Å²) in [6.07, 6.45) is 5.51. The van der Waals surface area contributed by atoms with E-state index in [2.05, 4.69) is 35.6 Å². The highest BCUT2D eigenvalue weighted by molar-refractivity contribution is 6.06. The lowest BCUT2D eigenvalue weighted by Gasteiger charge is -2.29. The van der Waals surface area contributed by atoms with Gasteiger partial charge in [-0.25, -0.2) is 18.7 Å². The van der Waals surface area contributed by atoms with Crippen LogP contribution in [0.15, 0.2) is 42.9 Å². The van der Waals surface area contributed by atoms with Crippen LogP contribution in [0.2, 0.25) is 0 Å². The van der Waals surface area contributed by atoms with Crippen LogP contribution >= 0.6 is 0 Å². The van der Waals surface area contributed by atoms with Crippen molar-refractivity contribution in [2.75, 3.05) is 44.4 Å². The van der Waals surface area contributed by atoms with Gasteiger partial charge in [0.05, 0.1) is 42.8 Å². The summed E-state index contributed by atoms with van der Waals surface area (Å²) in [5, 5.41) is 11.1. The molecule has 40 heavy (non-hydrogen) atoms. The van der Waals surface area contributed by atoms with Gasteiger partial charge in [-0.2, -0.15) is 0 Å². The monoisotopic (exact) mass is 551 g/mol. The number of methoxy groups -OCH3 is 1. The van der Waals surface area contributed by atoms with Gasteiger partial charge in [-0.1, -0.05) is 12.1 Å². The molecule has 1 amide bonds. The maximum atomic E-state index is 14.5. The number of carbonyl (C=O) groups excluding carboxylic acids is 1. The molecule has 0 unspecified atom stereocenters. The van der Waals surface area contributed by atoms with Crippen LogP contribution in [0.1, 0.15) is 12.8 Å². The molecule has 3 aromatic heterocycles. The van der Waals surface area contributed by atoms with E-state index >= 15 is 0 Å². The van der Waals surface area contributed by atoms with Gasteiger partial charge < -0.3 is 25.3 Å². The lowest BCUT2D eigenvalue weighted by molar-refractivity contribution is -0.121. The molecule has 0 aliphatic carbocycles. The van der Waals surface area contributed by atoms with E-state index in [-0.39, 0.29) is 6.04 Å². The number of rotatable bonds is 7. The number of H-pyrrole nitrogens is 1. The Hall–Kier alpha value is -4.10. The van der Waals surface area contributed by atoms with Crippen molar-refractivity contribution < 1.29 is 18.3 Å². The van der Waals surface area contributed by atoms with Gasteiger partial charge in [-0.3, -0.25) is 14.4 Å². The van der Waals surface area contributed by atoms with Crippen molar-refractivity contribution >= 4 is 34.1 Å². The molecule has 0 spiro atoms. The summed E-state index contributed by atoms with van der Waals surface area (Å²) in [5.41, 5.74) is 3.30. The largest absolute Gasteiger partial charge is 0.478 e. The first-order valence-corrected chi connectivity index (χ1v) is 13.1. The molecule has 4 aromatic rings. The van der Waals surface area contributed by atoms with Gasteiger partial charge >= 0.3 is 0 Å². The van der Waals surface area contributed by atoms with E-state index in [9.17, 15) is 13.6 Å². The van der Waals surface area contributed by atoms with Crippen LogP contribution in [0.4, 0.5) is 26.1 Å². The van der Waals surface area contributed by atoms with Gasteiger partial charge in [0.15, 0.2) is 0 Å². The van der Waals surface area contributed by atoms with Crippen LogP contribution in [-0.2, 0) is 11.8 Å². The number of carbonyl (C=O) groups is 1. The molecule has 11 nitrogen and oxygen atoms in total. The predicted molar refractivity (Wildman–Crippen MR) is 147 cm³/mol. The molecule has 1 aromatic carbocycles. The van der Waals surface area contributed by atoms with E-state index in [1.165, 1.54) is 7.11 Å². The number of benzene rings is 1. The number of anilines is 3. The minimum atomic E-state index is -2.90. The van der Waals surface area contributed by atoms with Gasteiger partial charge in [-0.05, 0) is 32.1 Å². The highest BCUT2D eigenvalue weighted by Crippen LogP contribution is 2.37. The van der Waals surface area contributed by atoms with Crippen molar-refractivity contribution in [3.8, 4) is 17.1 Å². The Morgan fingerprint density at radius 3 is 2.85 bits per heavy atom. The molecule has 0 radical (unpaired) electrons. The summed E-state index contributed by atoms with van der Waals surface area (Å²) in [6, 6.07) is 6.34. The van der Waals surface area contributed by atoms with Gasteiger partial charge in [-0.15, -0.1) is 5.10 Å². The van der Waals surface area contributed by atoms with E-state index < -0.39 is 30.8 Å². The number of likely N-dealkylation sites (N-methyl/N-ethyl adjacent to an activating group) is 1. The number of amides is 1. The number of aryl methyl sites for hydroxylation is 1. The van der Waals surface area contributed by atoms with Crippen LogP contribution in [0.25, 0.3) is 22.2 Å². The predicted octanol–water partition coefficient (Wildman–Crippen LogP) is 3.46. The van der Waals surface area contributed by atoms with E-state index in [0.29, 0.717) is 41.0 Å². The number of alkyl halides is 2. The first kappa shape index (κ1) is 26.1. The lowest BCUT2D eigenvalue weighted by Crippen LogP contribution is -2.46. The lowest BCUT2D eigenvalue weighted by atomic mass is 10.1. The second-order valence-electron chi connectivity index (χ2n) is 10.5. The Kier molecular flexibility index (Phi) is 6.62. The number of aromatic nitrogens is 5. The Bertz CT molecular complexity index is 1550. The molecular formula is C27H31F2N9O2. The quantitative estimate of drug-likeness (QED) is 0.320. The van der Waals surface area contributed by atoms with Crippen molar-refractivity contribution in [2.45, 2.75) is 30.8 Å². The molecule has 2 fully saturated rings. The van der Waals surface area contributed by atoms with E-state index in [4.69, 9.17) is 4.74 Å². The fraction of sp³-hybridized carbons (Fsp3) is 0.407. The van der Waals surface area contributed by atoms with Crippen molar-refractivity contribution in [1.29, 1.82) is 0 Å². The molecule has 0 saturated carbocycles. The third-order valence-electron chi connectivity index (χ3n) is 7.58. The molecule has 2 aliphatic heterocycles. The highest BCUT2D eigenvalue weighted by Gasteiger charge is 2.50. The number of likely N-dealkylation sites (tertiary alicyclic amines) is 2. The van der Waals surface area contributed by atoms with Crippen LogP contribution in [0.3, 0.4) is 0 Å². The maximum absolute atomic E-state index is 14.5. The molecule has 210 valence electrons. The fourth-order valence-electron chi connectivity index (χ4n) is 5.73. The number of hydrogen-bond donors (Lipinski definition) is 3. The minimum Gasteiger partial charge on any atom is -0.478 e. The molecule has 2 atom stereocenters. The van der Waals surface area contributed by atoms with Crippen molar-refractivity contribution in [3.05, 3.63) is 42.9 Å². The smallest absolute Gasteiger partial charge is 0.262 e. The van der Waals surface area contributed by atoms with Gasteiger partial charge in [0.1, 0.15) is 5.69 Å². The number of para-hydroxylation sites is 1. The number of nitrogens with zero attached hydrogens (tertiary/aromatic N) is 6. The first-order valence-electron chi connectivity index (χ1n) is 13.1. The van der Waals surface area contributed by atoms with Crippen molar-refractivity contribution in [1.82, 2.24) is 34.5 Å². The number of halogens is 2. The Morgan fingerprint density at radius 2 is 2.08 bits per heavy atom. The zero-order valence-corrected chi connectivity index (χ0v) is 22.5. The van der Waals surface area contributed by atoms with Crippen LogP contribution < -0.4 is 15.4 Å². The second-order valence-corrected chi connectivity index (χ2v) is 10.5. The molecule has 0 bridgehead atoms. The molecule has 13 heteroatoms. The summed E-state index contributed by atoms with van der Waals surface area (Å²) in [7, 11) is 5.30. The average Bonchev–Trinajstić information content (AvgIpc) is 3.69. The second kappa shape index (κ2) is 10.1. The van der Waals surface area contributed by atoms with Gasteiger partial charge in [0.2, 0.25) is 11.9 Å². The summed E-state index contributed by atoms with van der Waals surface area (Å²) in [4.78, 5) is 29.4. The van der Waals surface area contributed by atoms with Crippen molar-refractivity contribution in [3.63, 3.8) is 0 Å². The summed E-state index contributed by atoms with van der Waals surface area (Å²) < 4.78 is 35.9. The topological polar surface area (TPSA) is 116 Å². The van der Waals surface area contributed by atoms with E-state index in [0.717, 1.165) is 23.9 Å². The average molecular weight is 552 g/mol. The van der Waals surface area contributed by atoms with Crippen LogP contribution in [-0.4, -0.2) is 92.2 Å². The summed E-state index contributed by atoms with van der Waals surface area (Å²) in [6.45, 7) is 1.12. The fourth-order valence-corrected chi connectivity index (χ4v) is 5.73. The zero-order chi connectivity index (χ0) is 28.0. The van der Waals surface area contributed by atoms with Gasteiger partial charge in [0.25, 0.3) is 11.8 Å². The van der Waals surface area contributed by atoms with Crippen LogP contribution in [0.5, 0.6) is 5.88 Å². The Balaban J connectivity index is 1.25. The summed E-state index contributed by atoms with van der Waals surface area (Å²) in [5.74, 6) is -2.54. The normalized spacial score (nSPS) is 21.2. The molecule has 2 saturated heterocycles. The molecule has 6 rings (SSSR count). The Labute approximate surface area is 229 Å². The van der Waals surface area contributed by atoms with Gasteiger partial charge in [0, 0.05) is 49.4 Å². The number of hydrogen-bond acceptors (Lipinski definition) is 8. The number of fused-ring (bicyclic) bond motifs is 1. The zero-order valence-electron chi connectivity index (χ0n) is 22.5. The molecular weight excluding hydrogens is 520 g/mol. The number of nitrogens with one attached hydrogen (secondary N) is 3. The highest BCUT2D eigenvalue weighted by atomic mass is 19.3. The molecule has 3 N–H and O–H groups in total. The maximum Gasteiger partial charge on any atom is 0.262 e. The number of aromatic amines is 1. The van der Waals surface area contributed by atoms with Crippen molar-refractivity contribution in [2.24, 2.45) is 7.05 Å². The molecule has 2 aliphatic rings. The van der Waals surface area contributed by atoms with E-state index in [1.807, 2.05) is 25.4 Å². The van der Waals surface area contributed by atoms with Crippen LogP contribution in [0, 0.1) is 0 Å². The summed E-state index contributed by atoms with van der Waals surface area (Å²) >= 11 is 0. The SMILES string of the molecule is COc1nn(C)cc1Nc1nccc(-c2c[nH]c3c(NC(=O)[C@H]4CC(F)(F)CN4[C@H]4CCN(C)C4)cccc23)n1. The first-order chi connectivity index (χ1) is 19.2. The third-order valence-corrected chi connectivity index (χ3v) is 7.58. The number of ether oxygens (including phenoxy) is 1. The third kappa shape index (κ3) is 4.97. The minimum absolute atomic E-state index is 0.0609. The van der Waals surface area contributed by atoms with E-state index in [1.54, 1.807) is 41.2 Å². The Morgan fingerprint density at radius 1 is 1.23 bits per heavy atom. The molecule has 5 heterocycles. The standard InChI is InChI=1S/C27H31F2N9O2/c1-36-10-8-16(13-36)38-15-27(28,29)11-22(38)24(39)32-20-6-4-5-17-18(12-31-23(17)20)19-7-9-30-26(33-19)34-21-14-37(2)35-25(21)40-3/h4-7,9,12,14,16,22,31H,8,10-11,13,15H2,1-3H3,(H,32,39)(H,30,33,34)/t16-,22+/m0/s1.